The first-order valence-electron chi connectivity index (χ1n) is 3.47. The Morgan fingerprint density at radius 2 is 2.25 bits per heavy atom. The number of hydrogen-bond acceptors (Lipinski definition) is 3. The van der Waals surface area contributed by atoms with E-state index in [1.807, 2.05) is 0 Å². The molecular weight excluding hydrogens is 158 g/mol. The van der Waals surface area contributed by atoms with Crippen LogP contribution in [0.4, 0.5) is 0 Å². The van der Waals surface area contributed by atoms with E-state index in [1.165, 1.54) is 0 Å². The fraction of sp³-hybridized carbons (Fsp3) is 0.125. The number of carbonyl (C=O) groups excluding carboxylic acids is 1. The van der Waals surface area contributed by atoms with Crippen molar-refractivity contribution >= 4 is 5.91 Å². The molecule has 0 atom stereocenters. The summed E-state index contributed by atoms with van der Waals surface area (Å²) >= 11 is 0. The number of carbonyl (C=O) groups is 1. The van der Waals surface area contributed by atoms with Gasteiger partial charge in [-0.3, -0.25) is 4.79 Å². The molecule has 0 unspecified atom stereocenters. The van der Waals surface area contributed by atoms with E-state index in [0.717, 1.165) is 0 Å². The topological polar surface area (TPSA) is 61.6 Å². The highest BCUT2D eigenvalue weighted by atomic mass is 16.7. The lowest BCUT2D eigenvalue weighted by atomic mass is 10.2. The lowest BCUT2D eigenvalue weighted by Crippen LogP contribution is -2.11. The van der Waals surface area contributed by atoms with Crippen LogP contribution in [0.15, 0.2) is 18.2 Å². The molecule has 2 rings (SSSR count). The highest BCUT2D eigenvalue weighted by molar-refractivity contribution is 5.96. The fourth-order valence-electron chi connectivity index (χ4n) is 1.12. The number of ether oxygens (including phenoxy) is 2. The summed E-state index contributed by atoms with van der Waals surface area (Å²) in [6.45, 7) is 0.152. The van der Waals surface area contributed by atoms with Gasteiger partial charge < -0.3 is 15.2 Å². The Kier molecular flexibility index (Phi) is 1.40. The number of primary amides is 1. The standard InChI is InChI=1S/C8H7NO3/c9-8(10)5-2-1-3-6-7(5)12-4-11-6/h1-3H,4H2,(H2,9,10). The van der Waals surface area contributed by atoms with Crippen LogP contribution in [0.5, 0.6) is 11.5 Å². The molecule has 4 heteroatoms. The van der Waals surface area contributed by atoms with Crippen molar-refractivity contribution in [2.45, 2.75) is 0 Å². The molecule has 1 heterocycles. The molecule has 0 saturated carbocycles. The van der Waals surface area contributed by atoms with Crippen molar-refractivity contribution in [1.29, 1.82) is 0 Å². The molecule has 62 valence electrons. The Bertz CT molecular complexity index is 335. The molecule has 2 N–H and O–H groups in total. The lowest BCUT2D eigenvalue weighted by molar-refractivity contribution is 0.0995. The molecule has 1 aromatic rings. The molecule has 4 nitrogen and oxygen atoms in total. The molecule has 0 spiro atoms. The van der Waals surface area contributed by atoms with Crippen molar-refractivity contribution < 1.29 is 14.3 Å². The predicted octanol–water partition coefficient (Wildman–Crippen LogP) is 0.514. The van der Waals surface area contributed by atoms with Gasteiger partial charge in [0.2, 0.25) is 6.79 Å². The first kappa shape index (κ1) is 6.97. The van der Waals surface area contributed by atoms with Gasteiger partial charge in [0.1, 0.15) is 0 Å². The molecule has 0 saturated heterocycles. The van der Waals surface area contributed by atoms with Crippen LogP contribution in [-0.2, 0) is 0 Å². The third-order valence-electron chi connectivity index (χ3n) is 1.66. The summed E-state index contributed by atoms with van der Waals surface area (Å²) < 4.78 is 10.1. The average Bonchev–Trinajstić information content (AvgIpc) is 2.49. The van der Waals surface area contributed by atoms with Gasteiger partial charge in [-0.05, 0) is 12.1 Å². The summed E-state index contributed by atoms with van der Waals surface area (Å²) in [5, 5.41) is 0. The van der Waals surface area contributed by atoms with E-state index < -0.39 is 5.91 Å². The summed E-state index contributed by atoms with van der Waals surface area (Å²) in [5.41, 5.74) is 5.48. The van der Waals surface area contributed by atoms with E-state index in [1.54, 1.807) is 18.2 Å². The summed E-state index contributed by atoms with van der Waals surface area (Å²) in [5.74, 6) is 0.522. The lowest BCUT2D eigenvalue weighted by Gasteiger charge is -1.99. The van der Waals surface area contributed by atoms with E-state index in [9.17, 15) is 4.79 Å². The summed E-state index contributed by atoms with van der Waals surface area (Å²) in [7, 11) is 0. The Morgan fingerprint density at radius 3 is 3.00 bits per heavy atom. The van der Waals surface area contributed by atoms with E-state index in [2.05, 4.69) is 0 Å². The van der Waals surface area contributed by atoms with Crippen LogP contribution in [0, 0.1) is 0 Å². The van der Waals surface area contributed by atoms with Gasteiger partial charge in [0.05, 0.1) is 5.56 Å². The van der Waals surface area contributed by atoms with Gasteiger partial charge in [-0.25, -0.2) is 0 Å². The van der Waals surface area contributed by atoms with Crippen molar-refractivity contribution in [3.63, 3.8) is 0 Å². The first-order valence-corrected chi connectivity index (χ1v) is 3.47. The molecule has 0 bridgehead atoms. The zero-order valence-electron chi connectivity index (χ0n) is 6.24. The number of para-hydroxylation sites is 1. The molecule has 0 aliphatic carbocycles. The fourth-order valence-corrected chi connectivity index (χ4v) is 1.12. The van der Waals surface area contributed by atoms with Crippen LogP contribution in [0.1, 0.15) is 10.4 Å². The molecule has 0 radical (unpaired) electrons. The van der Waals surface area contributed by atoms with Crippen molar-refractivity contribution in [3.05, 3.63) is 23.8 Å². The maximum Gasteiger partial charge on any atom is 0.252 e. The summed E-state index contributed by atoms with van der Waals surface area (Å²) in [6.07, 6.45) is 0. The maximum absolute atomic E-state index is 10.8. The number of rotatable bonds is 1. The highest BCUT2D eigenvalue weighted by Crippen LogP contribution is 2.34. The van der Waals surface area contributed by atoms with Crippen molar-refractivity contribution in [3.8, 4) is 11.5 Å². The van der Waals surface area contributed by atoms with Crippen LogP contribution < -0.4 is 15.2 Å². The van der Waals surface area contributed by atoms with Gasteiger partial charge >= 0.3 is 0 Å². The number of nitrogens with two attached hydrogens (primary N) is 1. The quantitative estimate of drug-likeness (QED) is 0.659. The zero-order chi connectivity index (χ0) is 8.55. The van der Waals surface area contributed by atoms with Crippen LogP contribution >= 0.6 is 0 Å². The molecule has 1 amide bonds. The number of hydrogen-bond donors (Lipinski definition) is 1. The van der Waals surface area contributed by atoms with Crippen molar-refractivity contribution in [1.82, 2.24) is 0 Å². The van der Waals surface area contributed by atoms with E-state index >= 15 is 0 Å². The number of fused-ring (bicyclic) bond motifs is 1. The minimum atomic E-state index is -0.502. The van der Waals surface area contributed by atoms with E-state index in [4.69, 9.17) is 15.2 Å². The van der Waals surface area contributed by atoms with Crippen LogP contribution in [0.2, 0.25) is 0 Å². The van der Waals surface area contributed by atoms with Crippen molar-refractivity contribution in [2.75, 3.05) is 6.79 Å². The summed E-state index contributed by atoms with van der Waals surface area (Å²) in [6, 6.07) is 5.04. The predicted molar refractivity (Wildman–Crippen MR) is 41.1 cm³/mol. The van der Waals surface area contributed by atoms with Gasteiger partial charge in [-0.2, -0.15) is 0 Å². The Hall–Kier alpha value is -1.71. The molecule has 0 aromatic heterocycles. The Balaban J connectivity index is 2.56. The average molecular weight is 165 g/mol. The van der Waals surface area contributed by atoms with E-state index in [0.29, 0.717) is 17.1 Å². The van der Waals surface area contributed by atoms with Gasteiger partial charge in [-0.15, -0.1) is 0 Å². The smallest absolute Gasteiger partial charge is 0.252 e. The van der Waals surface area contributed by atoms with Crippen LogP contribution in [0.25, 0.3) is 0 Å². The first-order chi connectivity index (χ1) is 5.79. The third-order valence-corrected chi connectivity index (χ3v) is 1.66. The highest BCUT2D eigenvalue weighted by Gasteiger charge is 2.19. The van der Waals surface area contributed by atoms with Gasteiger partial charge in [0, 0.05) is 0 Å². The molecule has 0 fully saturated rings. The molecule has 1 aromatic carbocycles. The minimum Gasteiger partial charge on any atom is -0.454 e. The van der Waals surface area contributed by atoms with Gasteiger partial charge in [-0.1, -0.05) is 6.07 Å². The maximum atomic E-state index is 10.8. The van der Waals surface area contributed by atoms with E-state index in [-0.39, 0.29) is 6.79 Å². The molecular formula is C8H7NO3. The SMILES string of the molecule is NC(=O)c1cccc2c1OCO2. The molecule has 12 heavy (non-hydrogen) atoms. The van der Waals surface area contributed by atoms with Crippen LogP contribution in [0.3, 0.4) is 0 Å². The second-order valence-corrected chi connectivity index (χ2v) is 2.40. The minimum absolute atomic E-state index is 0.152. The van der Waals surface area contributed by atoms with Crippen molar-refractivity contribution in [2.24, 2.45) is 5.73 Å². The number of amides is 1. The van der Waals surface area contributed by atoms with Gasteiger partial charge in [0.15, 0.2) is 11.5 Å². The zero-order valence-corrected chi connectivity index (χ0v) is 6.24. The van der Waals surface area contributed by atoms with Gasteiger partial charge in [0.25, 0.3) is 5.91 Å². The monoisotopic (exact) mass is 165 g/mol. The normalized spacial score (nSPS) is 13.0. The number of benzene rings is 1. The van der Waals surface area contributed by atoms with Crippen LogP contribution in [-0.4, -0.2) is 12.7 Å². The second kappa shape index (κ2) is 2.41. The second-order valence-electron chi connectivity index (χ2n) is 2.40. The Morgan fingerprint density at radius 1 is 1.42 bits per heavy atom. The molecule has 1 aliphatic rings. The summed E-state index contributed by atoms with van der Waals surface area (Å²) in [4.78, 5) is 10.8. The third kappa shape index (κ3) is 0.887. The largest absolute Gasteiger partial charge is 0.454 e. The molecule has 1 aliphatic heterocycles. The Labute approximate surface area is 68.9 Å².